The molecule has 0 amide bonds. The first-order chi connectivity index (χ1) is 8.70. The zero-order valence-corrected chi connectivity index (χ0v) is 10.5. The van der Waals surface area contributed by atoms with E-state index in [-0.39, 0.29) is 0 Å². The summed E-state index contributed by atoms with van der Waals surface area (Å²) in [5.41, 5.74) is 0.693. The Hall–Kier alpha value is -2.17. The predicted octanol–water partition coefficient (Wildman–Crippen LogP) is 1.93. The van der Waals surface area contributed by atoms with Gasteiger partial charge in [-0.3, -0.25) is 0 Å². The summed E-state index contributed by atoms with van der Waals surface area (Å²) in [6.07, 6.45) is 5.35. The van der Waals surface area contributed by atoms with Gasteiger partial charge in [-0.1, -0.05) is 0 Å². The van der Waals surface area contributed by atoms with E-state index in [0.717, 1.165) is 17.9 Å². The minimum Gasteiger partial charge on any atom is -0.459 e. The van der Waals surface area contributed by atoms with Gasteiger partial charge in [0.2, 0.25) is 0 Å². The minimum absolute atomic E-state index is 0.470. The van der Waals surface area contributed by atoms with Crippen molar-refractivity contribution in [1.29, 1.82) is 0 Å². The Morgan fingerprint density at radius 1 is 1.28 bits per heavy atom. The number of rotatable bonds is 5. The molecular weight excluding hydrogens is 230 g/mol. The van der Waals surface area contributed by atoms with E-state index >= 15 is 0 Å². The fourth-order valence-corrected chi connectivity index (χ4v) is 1.53. The van der Waals surface area contributed by atoms with Crippen LogP contribution in [0.2, 0.25) is 0 Å². The van der Waals surface area contributed by atoms with E-state index in [0.29, 0.717) is 24.3 Å². The number of aldehydes is 1. The smallest absolute Gasteiger partial charge is 0.154 e. The highest BCUT2D eigenvalue weighted by Gasteiger charge is 2.07. The van der Waals surface area contributed by atoms with Gasteiger partial charge < -0.3 is 14.1 Å². The largest absolute Gasteiger partial charge is 0.459 e. The number of carbonyl (C=O) groups excluding carboxylic acids is 1. The van der Waals surface area contributed by atoms with Crippen LogP contribution in [-0.4, -0.2) is 30.3 Å². The maximum atomic E-state index is 10.3. The zero-order valence-electron chi connectivity index (χ0n) is 10.5. The molecule has 0 aliphatic rings. The second-order valence-corrected chi connectivity index (χ2v) is 4.13. The molecule has 0 unspecified atom stereocenters. The number of hydrogen-bond donors (Lipinski definition) is 0. The van der Waals surface area contributed by atoms with E-state index in [1.165, 1.54) is 0 Å². The molecule has 0 radical (unpaired) electrons. The lowest BCUT2D eigenvalue weighted by molar-refractivity contribution is -0.107. The molecule has 5 heteroatoms. The van der Waals surface area contributed by atoms with Crippen molar-refractivity contribution in [3.05, 3.63) is 30.3 Å². The molecule has 5 nitrogen and oxygen atoms in total. The average Bonchev–Trinajstić information content (AvgIpc) is 2.85. The number of aromatic nitrogens is 2. The average molecular weight is 245 g/mol. The fraction of sp³-hybridized carbons (Fsp3) is 0.308. The number of anilines is 1. The van der Waals surface area contributed by atoms with Crippen LogP contribution < -0.4 is 4.90 Å². The monoisotopic (exact) mass is 245 g/mol. The van der Waals surface area contributed by atoms with Gasteiger partial charge in [-0.15, -0.1) is 0 Å². The Bertz CT molecular complexity index is 517. The summed E-state index contributed by atoms with van der Waals surface area (Å²) in [4.78, 5) is 20.7. The van der Waals surface area contributed by atoms with Crippen molar-refractivity contribution in [1.82, 2.24) is 9.97 Å². The molecule has 18 heavy (non-hydrogen) atoms. The van der Waals surface area contributed by atoms with E-state index < -0.39 is 0 Å². The SMILES string of the molecule is CN(C)c1cnc(-c2ccc(CCC=O)o2)cn1. The second-order valence-electron chi connectivity index (χ2n) is 4.13. The maximum Gasteiger partial charge on any atom is 0.154 e. The van der Waals surface area contributed by atoms with E-state index in [1.807, 2.05) is 31.1 Å². The van der Waals surface area contributed by atoms with Gasteiger partial charge in [0.15, 0.2) is 5.76 Å². The third-order valence-corrected chi connectivity index (χ3v) is 2.52. The van der Waals surface area contributed by atoms with Crippen molar-refractivity contribution in [2.24, 2.45) is 0 Å². The Morgan fingerprint density at radius 3 is 2.72 bits per heavy atom. The molecule has 0 bridgehead atoms. The van der Waals surface area contributed by atoms with Crippen molar-refractivity contribution >= 4 is 12.1 Å². The van der Waals surface area contributed by atoms with Gasteiger partial charge in [-0.05, 0) is 12.1 Å². The van der Waals surface area contributed by atoms with Crippen LogP contribution in [0.5, 0.6) is 0 Å². The molecule has 0 aliphatic carbocycles. The highest BCUT2D eigenvalue weighted by molar-refractivity contribution is 5.53. The Balaban J connectivity index is 2.15. The van der Waals surface area contributed by atoms with Crippen molar-refractivity contribution in [3.63, 3.8) is 0 Å². The predicted molar refractivity (Wildman–Crippen MR) is 68.4 cm³/mol. The summed E-state index contributed by atoms with van der Waals surface area (Å²) in [5, 5.41) is 0. The summed E-state index contributed by atoms with van der Waals surface area (Å²) in [5.74, 6) is 2.26. The Labute approximate surface area is 105 Å². The molecule has 2 aromatic heterocycles. The van der Waals surface area contributed by atoms with Crippen LogP contribution in [0.15, 0.2) is 28.9 Å². The fourth-order valence-electron chi connectivity index (χ4n) is 1.53. The lowest BCUT2D eigenvalue weighted by Gasteiger charge is -2.09. The summed E-state index contributed by atoms with van der Waals surface area (Å²) in [7, 11) is 3.82. The van der Waals surface area contributed by atoms with Gasteiger partial charge in [0.1, 0.15) is 23.6 Å². The molecule has 0 saturated carbocycles. The van der Waals surface area contributed by atoms with Crippen LogP contribution in [0.1, 0.15) is 12.2 Å². The summed E-state index contributed by atoms with van der Waals surface area (Å²) < 4.78 is 5.60. The van der Waals surface area contributed by atoms with Crippen molar-refractivity contribution in [2.75, 3.05) is 19.0 Å². The topological polar surface area (TPSA) is 59.2 Å². The Kier molecular flexibility index (Phi) is 3.72. The van der Waals surface area contributed by atoms with Crippen LogP contribution in [0.4, 0.5) is 5.82 Å². The van der Waals surface area contributed by atoms with Crippen LogP contribution in [0.25, 0.3) is 11.5 Å². The van der Waals surface area contributed by atoms with E-state index in [2.05, 4.69) is 9.97 Å². The van der Waals surface area contributed by atoms with Gasteiger partial charge in [-0.2, -0.15) is 0 Å². The van der Waals surface area contributed by atoms with Crippen molar-refractivity contribution in [2.45, 2.75) is 12.8 Å². The normalized spacial score (nSPS) is 10.3. The first-order valence-corrected chi connectivity index (χ1v) is 5.73. The quantitative estimate of drug-likeness (QED) is 0.753. The van der Waals surface area contributed by atoms with Gasteiger partial charge in [0.25, 0.3) is 0 Å². The molecule has 0 spiro atoms. The molecule has 94 valence electrons. The van der Waals surface area contributed by atoms with Crippen LogP contribution in [-0.2, 0) is 11.2 Å². The number of nitrogens with zero attached hydrogens (tertiary/aromatic N) is 3. The molecular formula is C13H15N3O2. The molecule has 0 N–H and O–H groups in total. The summed E-state index contributed by atoms with van der Waals surface area (Å²) >= 11 is 0. The maximum absolute atomic E-state index is 10.3. The number of carbonyl (C=O) groups is 1. The molecule has 2 aromatic rings. The Morgan fingerprint density at radius 2 is 2.11 bits per heavy atom. The van der Waals surface area contributed by atoms with Gasteiger partial charge in [0, 0.05) is 26.9 Å². The summed E-state index contributed by atoms with van der Waals surface area (Å²) in [6, 6.07) is 3.71. The van der Waals surface area contributed by atoms with Crippen molar-refractivity contribution in [3.8, 4) is 11.5 Å². The standard InChI is InChI=1S/C13H15N3O2/c1-16(2)13-9-14-11(8-15-13)12-6-5-10(18-12)4-3-7-17/h5-9H,3-4H2,1-2H3. The first kappa shape index (κ1) is 12.3. The number of aryl methyl sites for hydroxylation is 1. The van der Waals surface area contributed by atoms with Gasteiger partial charge >= 0.3 is 0 Å². The van der Waals surface area contributed by atoms with Crippen LogP contribution >= 0.6 is 0 Å². The highest BCUT2D eigenvalue weighted by Crippen LogP contribution is 2.21. The zero-order chi connectivity index (χ0) is 13.0. The molecule has 2 heterocycles. The molecule has 0 aliphatic heterocycles. The van der Waals surface area contributed by atoms with E-state index in [9.17, 15) is 4.79 Å². The minimum atomic E-state index is 0.470. The molecule has 2 rings (SSSR count). The molecule has 0 aromatic carbocycles. The van der Waals surface area contributed by atoms with E-state index in [1.54, 1.807) is 12.4 Å². The lowest BCUT2D eigenvalue weighted by Crippen LogP contribution is -2.10. The van der Waals surface area contributed by atoms with Crippen LogP contribution in [0, 0.1) is 0 Å². The van der Waals surface area contributed by atoms with E-state index in [4.69, 9.17) is 4.42 Å². The number of hydrogen-bond acceptors (Lipinski definition) is 5. The first-order valence-electron chi connectivity index (χ1n) is 5.73. The van der Waals surface area contributed by atoms with Crippen LogP contribution in [0.3, 0.4) is 0 Å². The number of furan rings is 1. The van der Waals surface area contributed by atoms with Crippen molar-refractivity contribution < 1.29 is 9.21 Å². The molecule has 0 atom stereocenters. The lowest BCUT2D eigenvalue weighted by atomic mass is 10.3. The third kappa shape index (κ3) is 2.74. The third-order valence-electron chi connectivity index (χ3n) is 2.52. The highest BCUT2D eigenvalue weighted by atomic mass is 16.3. The summed E-state index contributed by atoms with van der Waals surface area (Å²) in [6.45, 7) is 0. The molecule has 0 saturated heterocycles. The van der Waals surface area contributed by atoms with Gasteiger partial charge in [0.05, 0.1) is 12.4 Å². The molecule has 0 fully saturated rings. The second kappa shape index (κ2) is 5.44. The van der Waals surface area contributed by atoms with Gasteiger partial charge in [-0.25, -0.2) is 9.97 Å².